The Hall–Kier alpha value is -2.80. The average molecular weight is 489 g/mol. The van der Waals surface area contributed by atoms with Crippen molar-refractivity contribution in [3.63, 3.8) is 0 Å². The van der Waals surface area contributed by atoms with Gasteiger partial charge in [0.15, 0.2) is 5.11 Å². The van der Waals surface area contributed by atoms with Crippen molar-refractivity contribution < 1.29 is 14.3 Å². The Morgan fingerprint density at radius 2 is 1.97 bits per heavy atom. The Morgan fingerprint density at radius 3 is 2.69 bits per heavy atom. The minimum Gasteiger partial charge on any atom is -0.506 e. The number of phenolic OH excluding ortho intramolecular Hbond substituents is 1. The number of hydrogen-bond acceptors (Lipinski definition) is 4. The predicted molar refractivity (Wildman–Crippen MR) is 134 cm³/mol. The third-order valence-corrected chi connectivity index (χ3v) is 5.66. The number of carbonyl (C=O) groups is 1. The molecule has 0 fully saturated rings. The van der Waals surface area contributed by atoms with Gasteiger partial charge in [0.2, 0.25) is 5.91 Å². The van der Waals surface area contributed by atoms with Gasteiger partial charge in [-0.3, -0.25) is 10.1 Å². The van der Waals surface area contributed by atoms with E-state index >= 15 is 0 Å². The number of furan rings is 1. The number of amides is 1. The summed E-state index contributed by atoms with van der Waals surface area (Å²) in [6.45, 7) is 4.19. The van der Waals surface area contributed by atoms with Gasteiger partial charge < -0.3 is 14.8 Å². The number of anilines is 1. The van der Waals surface area contributed by atoms with Crippen LogP contribution < -0.4 is 10.6 Å². The van der Waals surface area contributed by atoms with Crippen LogP contribution in [0, 0.1) is 0 Å². The first-order valence-electron chi connectivity index (χ1n) is 9.95. The van der Waals surface area contributed by atoms with Crippen LogP contribution in [0.4, 0.5) is 5.69 Å². The molecule has 0 saturated carbocycles. The zero-order valence-corrected chi connectivity index (χ0v) is 19.8. The zero-order chi connectivity index (χ0) is 23.3. The van der Waals surface area contributed by atoms with Crippen molar-refractivity contribution in [2.75, 3.05) is 5.32 Å². The first kappa shape index (κ1) is 23.9. The van der Waals surface area contributed by atoms with E-state index in [1.54, 1.807) is 36.4 Å². The van der Waals surface area contributed by atoms with Crippen molar-refractivity contribution in [2.24, 2.45) is 0 Å². The van der Waals surface area contributed by atoms with Crippen molar-refractivity contribution in [3.05, 3.63) is 76.0 Å². The fraction of sp³-hybridized carbons (Fsp3) is 0.167. The predicted octanol–water partition coefficient (Wildman–Crippen LogP) is 7.00. The number of halogens is 2. The second kappa shape index (κ2) is 10.7. The number of benzene rings is 2. The molecule has 0 unspecified atom stereocenters. The molecule has 5 nitrogen and oxygen atoms in total. The molecule has 8 heteroatoms. The Kier molecular flexibility index (Phi) is 7.96. The first-order chi connectivity index (χ1) is 15.3. The van der Waals surface area contributed by atoms with Crippen LogP contribution in [0.2, 0.25) is 10.0 Å². The summed E-state index contributed by atoms with van der Waals surface area (Å²) in [5.41, 5.74) is 2.20. The summed E-state index contributed by atoms with van der Waals surface area (Å²) in [5, 5.41) is 16.6. The van der Waals surface area contributed by atoms with Crippen LogP contribution in [-0.2, 0) is 4.79 Å². The summed E-state index contributed by atoms with van der Waals surface area (Å²) in [6, 6.07) is 13.9. The molecule has 1 atom stereocenters. The Bertz CT molecular complexity index is 1170. The Balaban J connectivity index is 1.61. The van der Waals surface area contributed by atoms with Crippen LogP contribution in [-0.4, -0.2) is 16.1 Å². The van der Waals surface area contributed by atoms with Crippen molar-refractivity contribution in [2.45, 2.75) is 26.2 Å². The number of thiocarbonyl (C=S) groups is 1. The lowest BCUT2D eigenvalue weighted by molar-refractivity contribution is -0.115. The van der Waals surface area contributed by atoms with E-state index in [0.29, 0.717) is 38.7 Å². The molecular weight excluding hydrogens is 467 g/mol. The van der Waals surface area contributed by atoms with E-state index < -0.39 is 5.91 Å². The van der Waals surface area contributed by atoms with E-state index in [2.05, 4.69) is 24.5 Å². The van der Waals surface area contributed by atoms with E-state index in [1.165, 1.54) is 12.2 Å². The van der Waals surface area contributed by atoms with Crippen LogP contribution in [0.5, 0.6) is 5.75 Å². The Morgan fingerprint density at radius 1 is 1.19 bits per heavy atom. The lowest BCUT2D eigenvalue weighted by Crippen LogP contribution is -2.32. The van der Waals surface area contributed by atoms with Gasteiger partial charge in [-0.25, -0.2) is 0 Å². The van der Waals surface area contributed by atoms with Crippen molar-refractivity contribution >= 4 is 58.2 Å². The summed E-state index contributed by atoms with van der Waals surface area (Å²) < 4.78 is 5.73. The lowest BCUT2D eigenvalue weighted by Gasteiger charge is -2.14. The summed E-state index contributed by atoms with van der Waals surface area (Å²) in [6.07, 6.45) is 3.79. The van der Waals surface area contributed by atoms with Gasteiger partial charge in [-0.15, -0.1) is 0 Å². The van der Waals surface area contributed by atoms with Crippen LogP contribution in [0.25, 0.3) is 17.4 Å². The van der Waals surface area contributed by atoms with Crippen molar-refractivity contribution in [3.8, 4) is 17.1 Å². The number of phenols is 1. The van der Waals surface area contributed by atoms with Gasteiger partial charge in [0, 0.05) is 16.7 Å². The van der Waals surface area contributed by atoms with E-state index in [4.69, 9.17) is 39.8 Å². The van der Waals surface area contributed by atoms with Gasteiger partial charge in [0.25, 0.3) is 0 Å². The maximum atomic E-state index is 12.2. The maximum absolute atomic E-state index is 12.2. The molecule has 1 heterocycles. The molecule has 32 heavy (non-hydrogen) atoms. The smallest absolute Gasteiger partial charge is 0.250 e. The van der Waals surface area contributed by atoms with Gasteiger partial charge in [-0.05, 0) is 78.7 Å². The van der Waals surface area contributed by atoms with Crippen LogP contribution in [0.1, 0.15) is 37.5 Å². The van der Waals surface area contributed by atoms with E-state index in [0.717, 1.165) is 12.0 Å². The normalized spacial score (nSPS) is 12.0. The van der Waals surface area contributed by atoms with Gasteiger partial charge in [0.05, 0.1) is 10.7 Å². The molecule has 0 aliphatic heterocycles. The molecule has 3 aromatic rings. The number of nitrogens with one attached hydrogen (secondary N) is 2. The maximum Gasteiger partial charge on any atom is 0.250 e. The van der Waals surface area contributed by atoms with Crippen molar-refractivity contribution in [1.29, 1.82) is 0 Å². The number of aromatic hydroxyl groups is 1. The molecule has 0 spiro atoms. The van der Waals surface area contributed by atoms with E-state index in [9.17, 15) is 9.90 Å². The molecule has 1 aromatic heterocycles. The largest absolute Gasteiger partial charge is 0.506 e. The first-order valence-corrected chi connectivity index (χ1v) is 11.1. The molecule has 3 N–H and O–H groups in total. The third kappa shape index (κ3) is 6.13. The summed E-state index contributed by atoms with van der Waals surface area (Å²) in [5.74, 6) is 0.971. The van der Waals surface area contributed by atoms with Gasteiger partial charge in [0.1, 0.15) is 17.3 Å². The summed E-state index contributed by atoms with van der Waals surface area (Å²) >= 11 is 17.3. The van der Waals surface area contributed by atoms with Crippen LogP contribution in [0.3, 0.4) is 0 Å². The fourth-order valence-electron chi connectivity index (χ4n) is 2.94. The number of hydrogen-bond donors (Lipinski definition) is 3. The van der Waals surface area contributed by atoms with E-state index in [1.807, 2.05) is 12.1 Å². The molecule has 0 radical (unpaired) electrons. The Labute approximate surface area is 202 Å². The monoisotopic (exact) mass is 488 g/mol. The molecule has 2 aromatic carbocycles. The van der Waals surface area contributed by atoms with Gasteiger partial charge in [-0.2, -0.15) is 0 Å². The molecule has 166 valence electrons. The molecule has 0 bridgehead atoms. The highest BCUT2D eigenvalue weighted by atomic mass is 35.5. The SMILES string of the molecule is CC[C@@H](C)c1ccc(O)c(NC(=S)NC(=O)/C=C/c2ccc(-c3ccc(Cl)cc3Cl)o2)c1. The highest BCUT2D eigenvalue weighted by Gasteiger charge is 2.11. The summed E-state index contributed by atoms with van der Waals surface area (Å²) in [7, 11) is 0. The number of rotatable bonds is 6. The molecule has 0 saturated heterocycles. The quantitative estimate of drug-likeness (QED) is 0.198. The lowest BCUT2D eigenvalue weighted by atomic mass is 9.98. The fourth-order valence-corrected chi connectivity index (χ4v) is 3.65. The topological polar surface area (TPSA) is 74.5 Å². The molecule has 0 aliphatic rings. The van der Waals surface area contributed by atoms with Crippen LogP contribution >= 0.6 is 35.4 Å². The van der Waals surface area contributed by atoms with E-state index in [-0.39, 0.29) is 10.9 Å². The molecule has 1 amide bonds. The highest BCUT2D eigenvalue weighted by molar-refractivity contribution is 7.80. The van der Waals surface area contributed by atoms with Gasteiger partial charge in [-0.1, -0.05) is 43.1 Å². The average Bonchev–Trinajstić information content (AvgIpc) is 3.22. The second-order valence-electron chi connectivity index (χ2n) is 7.19. The number of carbonyl (C=O) groups excluding carboxylic acids is 1. The van der Waals surface area contributed by atoms with Crippen LogP contribution in [0.15, 0.2) is 59.0 Å². The van der Waals surface area contributed by atoms with Crippen molar-refractivity contribution in [1.82, 2.24) is 5.32 Å². The summed E-state index contributed by atoms with van der Waals surface area (Å²) in [4.78, 5) is 12.2. The standard InChI is InChI=1S/C24H22Cl2N2O3S/c1-3-14(2)15-4-9-21(29)20(12-15)27-24(32)28-23(30)11-7-17-6-10-22(31-17)18-8-5-16(25)13-19(18)26/h4-14,29H,3H2,1-2H3,(H2,27,28,30,32)/b11-7+/t14-/m1/s1. The molecule has 3 rings (SSSR count). The molecular formula is C24H22Cl2N2O3S. The highest BCUT2D eigenvalue weighted by Crippen LogP contribution is 2.32. The third-order valence-electron chi connectivity index (χ3n) is 4.91. The molecule has 0 aliphatic carbocycles. The minimum atomic E-state index is -0.442. The zero-order valence-electron chi connectivity index (χ0n) is 17.5. The van der Waals surface area contributed by atoms with Gasteiger partial charge >= 0.3 is 0 Å². The second-order valence-corrected chi connectivity index (χ2v) is 8.44. The minimum absolute atomic E-state index is 0.0492.